The molecule has 3 heteroatoms. The Kier molecular flexibility index (Phi) is 4.82. The Morgan fingerprint density at radius 3 is 2.38 bits per heavy atom. The smallest absolute Gasteiger partial charge is 0.0521 e. The van der Waals surface area contributed by atoms with Gasteiger partial charge in [-0.3, -0.25) is 0 Å². The first-order valence-corrected chi connectivity index (χ1v) is 9.41. The molecule has 1 atom stereocenters. The third-order valence-corrected chi connectivity index (χ3v) is 6.78. The van der Waals surface area contributed by atoms with Crippen LogP contribution in [0.25, 0.3) is 0 Å². The fourth-order valence-corrected chi connectivity index (χ4v) is 5.69. The van der Waals surface area contributed by atoms with Gasteiger partial charge in [-0.1, -0.05) is 49.6 Å². The molecule has 1 saturated carbocycles. The maximum Gasteiger partial charge on any atom is 0.0521 e. The normalized spacial score (nSPS) is 19.3. The molecule has 0 aliphatic heterocycles. The second-order valence-electron chi connectivity index (χ2n) is 5.94. The summed E-state index contributed by atoms with van der Waals surface area (Å²) in [7, 11) is 2.11. The minimum absolute atomic E-state index is 0.224. The van der Waals surface area contributed by atoms with Crippen LogP contribution in [0.3, 0.4) is 0 Å². The monoisotopic (exact) mass is 363 g/mol. The van der Waals surface area contributed by atoms with Crippen LogP contribution >= 0.6 is 27.3 Å². The van der Waals surface area contributed by atoms with Crippen LogP contribution in [0.1, 0.15) is 48.6 Å². The predicted molar refractivity (Wildman–Crippen MR) is 95.0 cm³/mol. The molecular weight excluding hydrogens is 342 g/mol. The molecule has 0 saturated heterocycles. The van der Waals surface area contributed by atoms with Crippen molar-refractivity contribution in [3.8, 4) is 0 Å². The van der Waals surface area contributed by atoms with Crippen molar-refractivity contribution in [1.82, 2.24) is 5.32 Å². The maximum absolute atomic E-state index is 3.74. The van der Waals surface area contributed by atoms with Crippen LogP contribution in [0.2, 0.25) is 0 Å². The zero-order valence-electron chi connectivity index (χ0n) is 12.4. The molecule has 3 rings (SSSR count). The first-order chi connectivity index (χ1) is 10.3. The summed E-state index contributed by atoms with van der Waals surface area (Å²) in [5.74, 6) is 0. The number of halogens is 1. The van der Waals surface area contributed by atoms with E-state index in [2.05, 4.69) is 70.1 Å². The molecule has 1 aromatic carbocycles. The molecule has 21 heavy (non-hydrogen) atoms. The Hall–Kier alpha value is -0.640. The lowest BCUT2D eigenvalue weighted by Crippen LogP contribution is -2.41. The number of rotatable bonds is 4. The number of thiophene rings is 1. The Balaban J connectivity index is 2.08. The summed E-state index contributed by atoms with van der Waals surface area (Å²) in [5.41, 5.74) is 1.71. The lowest BCUT2D eigenvalue weighted by molar-refractivity contribution is 0.223. The second kappa shape index (κ2) is 6.64. The first kappa shape index (κ1) is 15.3. The molecule has 112 valence electrons. The van der Waals surface area contributed by atoms with Crippen LogP contribution in [0.15, 0.2) is 46.3 Å². The van der Waals surface area contributed by atoms with Crippen molar-refractivity contribution in [1.29, 1.82) is 0 Å². The first-order valence-electron chi connectivity index (χ1n) is 7.73. The van der Waals surface area contributed by atoms with Crippen molar-refractivity contribution in [3.63, 3.8) is 0 Å². The van der Waals surface area contributed by atoms with Crippen molar-refractivity contribution in [2.75, 3.05) is 7.05 Å². The minimum atomic E-state index is 0.224. The van der Waals surface area contributed by atoms with Crippen LogP contribution in [-0.4, -0.2) is 7.05 Å². The highest BCUT2D eigenvalue weighted by molar-refractivity contribution is 9.10. The van der Waals surface area contributed by atoms with E-state index in [1.807, 2.05) is 11.3 Å². The topological polar surface area (TPSA) is 12.0 Å². The summed E-state index contributed by atoms with van der Waals surface area (Å²) < 4.78 is 1.24. The van der Waals surface area contributed by atoms with Gasteiger partial charge in [0.05, 0.1) is 6.04 Å². The molecule has 0 bridgehead atoms. The van der Waals surface area contributed by atoms with Crippen molar-refractivity contribution in [2.45, 2.75) is 43.6 Å². The summed E-state index contributed by atoms with van der Waals surface area (Å²) in [4.78, 5) is 1.43. The van der Waals surface area contributed by atoms with E-state index in [9.17, 15) is 0 Å². The van der Waals surface area contributed by atoms with Gasteiger partial charge >= 0.3 is 0 Å². The SMILES string of the molecule is CNC(c1sccc1Br)C1(c2ccccc2)CCCCC1. The number of benzene rings is 1. The van der Waals surface area contributed by atoms with Crippen LogP contribution in [0, 0.1) is 0 Å². The molecule has 1 aromatic heterocycles. The standard InChI is InChI=1S/C18H22BrNS/c1-20-17(16-15(19)10-13-21-16)18(11-6-3-7-12-18)14-8-4-2-5-9-14/h2,4-5,8-10,13,17,20H,3,6-7,11-12H2,1H3. The van der Waals surface area contributed by atoms with E-state index in [1.54, 1.807) is 0 Å². The molecule has 1 fully saturated rings. The van der Waals surface area contributed by atoms with Gasteiger partial charge in [-0.2, -0.15) is 0 Å². The molecule has 2 aromatic rings. The Morgan fingerprint density at radius 1 is 1.10 bits per heavy atom. The largest absolute Gasteiger partial charge is 0.312 e. The molecule has 1 aliphatic rings. The molecule has 1 unspecified atom stereocenters. The Labute approximate surface area is 139 Å². The quantitative estimate of drug-likeness (QED) is 0.737. The van der Waals surface area contributed by atoms with Gasteiger partial charge in [-0.25, -0.2) is 0 Å². The molecule has 0 radical (unpaired) electrons. The highest BCUT2D eigenvalue weighted by atomic mass is 79.9. The zero-order valence-corrected chi connectivity index (χ0v) is 14.8. The molecular formula is C18H22BrNS. The van der Waals surface area contributed by atoms with Crippen molar-refractivity contribution in [3.05, 3.63) is 56.7 Å². The second-order valence-corrected chi connectivity index (χ2v) is 7.74. The van der Waals surface area contributed by atoms with Crippen LogP contribution in [0.4, 0.5) is 0 Å². The fraction of sp³-hybridized carbons (Fsp3) is 0.444. The molecule has 1 nitrogen and oxygen atoms in total. The molecule has 1 N–H and O–H groups in total. The molecule has 1 aliphatic carbocycles. The van der Waals surface area contributed by atoms with E-state index in [4.69, 9.17) is 0 Å². The van der Waals surface area contributed by atoms with Gasteiger partial charge in [0.25, 0.3) is 0 Å². The van der Waals surface area contributed by atoms with E-state index in [-0.39, 0.29) is 5.41 Å². The van der Waals surface area contributed by atoms with E-state index in [0.717, 1.165) is 0 Å². The average molecular weight is 364 g/mol. The molecule has 1 heterocycles. The summed E-state index contributed by atoms with van der Waals surface area (Å²) in [6.07, 6.45) is 6.57. The fourth-order valence-electron chi connectivity index (χ4n) is 3.87. The number of nitrogens with one attached hydrogen (secondary N) is 1. The van der Waals surface area contributed by atoms with Gasteiger partial charge < -0.3 is 5.32 Å². The maximum atomic E-state index is 3.74. The zero-order chi connectivity index (χ0) is 14.7. The average Bonchev–Trinajstić information content (AvgIpc) is 2.96. The lowest BCUT2D eigenvalue weighted by Gasteiger charge is -2.44. The van der Waals surface area contributed by atoms with Gasteiger partial charge in [-0.05, 0) is 52.8 Å². The van der Waals surface area contributed by atoms with E-state index >= 15 is 0 Å². The Bertz CT molecular complexity index is 572. The number of likely N-dealkylation sites (N-methyl/N-ethyl adjacent to an activating group) is 1. The van der Waals surface area contributed by atoms with Gasteiger partial charge in [0.2, 0.25) is 0 Å². The molecule has 0 amide bonds. The van der Waals surface area contributed by atoms with Crippen LogP contribution < -0.4 is 5.32 Å². The van der Waals surface area contributed by atoms with Crippen molar-refractivity contribution >= 4 is 27.3 Å². The Morgan fingerprint density at radius 2 is 1.81 bits per heavy atom. The number of hydrogen-bond acceptors (Lipinski definition) is 2. The third-order valence-electron chi connectivity index (χ3n) is 4.84. The predicted octanol–water partition coefficient (Wildman–Crippen LogP) is 5.67. The summed E-state index contributed by atoms with van der Waals surface area (Å²) in [5, 5.41) is 5.82. The van der Waals surface area contributed by atoms with E-state index in [0.29, 0.717) is 6.04 Å². The van der Waals surface area contributed by atoms with Crippen molar-refractivity contribution < 1.29 is 0 Å². The van der Waals surface area contributed by atoms with Gasteiger partial charge in [0.1, 0.15) is 0 Å². The summed E-state index contributed by atoms with van der Waals surface area (Å²) >= 11 is 5.60. The van der Waals surface area contributed by atoms with Crippen LogP contribution in [-0.2, 0) is 5.41 Å². The highest BCUT2D eigenvalue weighted by Crippen LogP contribution is 2.50. The minimum Gasteiger partial charge on any atom is -0.312 e. The lowest BCUT2D eigenvalue weighted by atomic mass is 9.64. The third kappa shape index (κ3) is 2.84. The number of hydrogen-bond donors (Lipinski definition) is 1. The van der Waals surface area contributed by atoms with Crippen molar-refractivity contribution in [2.24, 2.45) is 0 Å². The van der Waals surface area contributed by atoms with Crippen LogP contribution in [0.5, 0.6) is 0 Å². The summed E-state index contributed by atoms with van der Waals surface area (Å²) in [6, 6.07) is 13.7. The summed E-state index contributed by atoms with van der Waals surface area (Å²) in [6.45, 7) is 0. The van der Waals surface area contributed by atoms with Gasteiger partial charge in [0, 0.05) is 14.8 Å². The van der Waals surface area contributed by atoms with Gasteiger partial charge in [0.15, 0.2) is 0 Å². The molecule has 0 spiro atoms. The highest BCUT2D eigenvalue weighted by Gasteiger charge is 2.42. The van der Waals surface area contributed by atoms with E-state index < -0.39 is 0 Å². The van der Waals surface area contributed by atoms with E-state index in [1.165, 1.54) is 47.0 Å². The van der Waals surface area contributed by atoms with Gasteiger partial charge in [-0.15, -0.1) is 11.3 Å².